The predicted octanol–water partition coefficient (Wildman–Crippen LogP) is 4.54. The molecule has 0 aliphatic carbocycles. The SMILES string of the molecule is COC(=O)CCCCCCC=CCCCCN=[N+]=[N-]. The van der Waals surface area contributed by atoms with Gasteiger partial charge in [0.2, 0.25) is 0 Å². The van der Waals surface area contributed by atoms with Crippen molar-refractivity contribution in [2.75, 3.05) is 13.7 Å². The molecule has 0 heterocycles. The first kappa shape index (κ1) is 17.5. The average Bonchev–Trinajstić information content (AvgIpc) is 2.43. The highest BCUT2D eigenvalue weighted by Gasteiger charge is 1.98. The molecule has 0 saturated carbocycles. The quantitative estimate of drug-likeness (QED) is 0.130. The van der Waals surface area contributed by atoms with E-state index >= 15 is 0 Å². The van der Waals surface area contributed by atoms with Crippen molar-refractivity contribution >= 4 is 5.97 Å². The minimum Gasteiger partial charge on any atom is -0.469 e. The van der Waals surface area contributed by atoms with Crippen LogP contribution in [-0.2, 0) is 9.53 Å². The third kappa shape index (κ3) is 14.5. The number of esters is 1. The van der Waals surface area contributed by atoms with E-state index in [1.165, 1.54) is 13.5 Å². The summed E-state index contributed by atoms with van der Waals surface area (Å²) in [6.45, 7) is 0.602. The van der Waals surface area contributed by atoms with Crippen LogP contribution in [0.3, 0.4) is 0 Å². The zero-order valence-electron chi connectivity index (χ0n) is 11.9. The third-order valence-electron chi connectivity index (χ3n) is 2.84. The monoisotopic (exact) mass is 267 g/mol. The van der Waals surface area contributed by atoms with Crippen LogP contribution in [0.4, 0.5) is 0 Å². The fourth-order valence-corrected chi connectivity index (χ4v) is 1.71. The molecular formula is C14H25N3O2. The lowest BCUT2D eigenvalue weighted by Crippen LogP contribution is -1.98. The zero-order chi connectivity index (χ0) is 14.2. The minimum atomic E-state index is -0.111. The van der Waals surface area contributed by atoms with Crippen molar-refractivity contribution < 1.29 is 9.53 Å². The zero-order valence-corrected chi connectivity index (χ0v) is 11.9. The molecule has 0 aromatic rings. The Hall–Kier alpha value is -1.48. The number of ether oxygens (including phenoxy) is 1. The van der Waals surface area contributed by atoms with Crippen molar-refractivity contribution in [3.63, 3.8) is 0 Å². The van der Waals surface area contributed by atoms with Gasteiger partial charge in [-0.3, -0.25) is 4.79 Å². The lowest BCUT2D eigenvalue weighted by Gasteiger charge is -1.99. The van der Waals surface area contributed by atoms with Gasteiger partial charge in [0, 0.05) is 17.9 Å². The highest BCUT2D eigenvalue weighted by Crippen LogP contribution is 2.07. The summed E-state index contributed by atoms with van der Waals surface area (Å²) in [5, 5.41) is 3.49. The van der Waals surface area contributed by atoms with E-state index in [0.29, 0.717) is 13.0 Å². The van der Waals surface area contributed by atoms with Crippen molar-refractivity contribution in [1.82, 2.24) is 0 Å². The third-order valence-corrected chi connectivity index (χ3v) is 2.84. The van der Waals surface area contributed by atoms with E-state index in [9.17, 15) is 4.79 Å². The maximum absolute atomic E-state index is 10.9. The van der Waals surface area contributed by atoms with Gasteiger partial charge in [-0.05, 0) is 44.1 Å². The lowest BCUT2D eigenvalue weighted by molar-refractivity contribution is -0.140. The Morgan fingerprint density at radius 2 is 1.74 bits per heavy atom. The van der Waals surface area contributed by atoms with Crippen molar-refractivity contribution in [3.8, 4) is 0 Å². The molecule has 5 heteroatoms. The molecule has 0 aliphatic rings. The second-order valence-corrected chi connectivity index (χ2v) is 4.45. The molecule has 0 atom stereocenters. The first-order valence-corrected chi connectivity index (χ1v) is 7.04. The molecule has 5 nitrogen and oxygen atoms in total. The summed E-state index contributed by atoms with van der Waals surface area (Å²) in [5.74, 6) is -0.111. The van der Waals surface area contributed by atoms with Crippen LogP contribution < -0.4 is 0 Å². The number of carbonyl (C=O) groups is 1. The Labute approximate surface area is 115 Å². The van der Waals surface area contributed by atoms with Gasteiger partial charge in [-0.1, -0.05) is 30.1 Å². The van der Waals surface area contributed by atoms with Gasteiger partial charge in [0.05, 0.1) is 7.11 Å². The molecule has 108 valence electrons. The standard InChI is InChI=1S/C14H25N3O2/c1-19-14(18)12-10-8-6-4-2-3-5-7-9-11-13-16-17-15/h3,5H,2,4,6-13H2,1H3. The van der Waals surface area contributed by atoms with E-state index in [1.807, 2.05) is 0 Å². The molecule has 0 aromatic heterocycles. The number of carbonyl (C=O) groups excluding carboxylic acids is 1. The van der Waals surface area contributed by atoms with Crippen LogP contribution in [0.15, 0.2) is 17.3 Å². The summed E-state index contributed by atoms with van der Waals surface area (Å²) in [7, 11) is 1.43. The Morgan fingerprint density at radius 3 is 2.37 bits per heavy atom. The summed E-state index contributed by atoms with van der Waals surface area (Å²) < 4.78 is 4.58. The maximum Gasteiger partial charge on any atom is 0.305 e. The molecule has 0 spiro atoms. The molecule has 0 N–H and O–H groups in total. The highest BCUT2D eigenvalue weighted by molar-refractivity contribution is 5.68. The van der Waals surface area contributed by atoms with Gasteiger partial charge in [-0.2, -0.15) is 0 Å². The van der Waals surface area contributed by atoms with Crippen molar-refractivity contribution in [2.24, 2.45) is 5.11 Å². The van der Waals surface area contributed by atoms with Crippen molar-refractivity contribution in [3.05, 3.63) is 22.6 Å². The number of unbranched alkanes of at least 4 members (excludes halogenated alkanes) is 6. The fraction of sp³-hybridized carbons (Fsp3) is 0.786. The van der Waals surface area contributed by atoms with Crippen molar-refractivity contribution in [1.29, 1.82) is 0 Å². The van der Waals surface area contributed by atoms with E-state index in [-0.39, 0.29) is 5.97 Å². The maximum atomic E-state index is 10.9. The van der Waals surface area contributed by atoms with Crippen LogP contribution in [0.5, 0.6) is 0 Å². The number of allylic oxidation sites excluding steroid dienone is 2. The van der Waals surface area contributed by atoms with Crippen LogP contribution in [-0.4, -0.2) is 19.6 Å². The van der Waals surface area contributed by atoms with E-state index in [4.69, 9.17) is 5.53 Å². The molecule has 0 aromatic carbocycles. The van der Waals surface area contributed by atoms with Crippen LogP contribution in [0.25, 0.3) is 10.4 Å². The first-order chi connectivity index (χ1) is 9.31. The molecule has 0 unspecified atom stereocenters. The summed E-state index contributed by atoms with van der Waals surface area (Å²) >= 11 is 0. The molecule has 0 aliphatic heterocycles. The van der Waals surface area contributed by atoms with Gasteiger partial charge in [-0.25, -0.2) is 0 Å². The Morgan fingerprint density at radius 1 is 1.11 bits per heavy atom. The normalized spacial score (nSPS) is 10.4. The Bertz CT molecular complexity index is 297. The number of hydrogen-bond donors (Lipinski definition) is 0. The van der Waals surface area contributed by atoms with E-state index < -0.39 is 0 Å². The van der Waals surface area contributed by atoms with Crippen LogP contribution in [0.2, 0.25) is 0 Å². The summed E-state index contributed by atoms with van der Waals surface area (Å²) in [4.78, 5) is 13.6. The van der Waals surface area contributed by atoms with Gasteiger partial charge in [0.1, 0.15) is 0 Å². The smallest absolute Gasteiger partial charge is 0.305 e. The molecule has 0 radical (unpaired) electrons. The second-order valence-electron chi connectivity index (χ2n) is 4.45. The van der Waals surface area contributed by atoms with E-state index in [0.717, 1.165) is 44.9 Å². The molecule has 19 heavy (non-hydrogen) atoms. The summed E-state index contributed by atoms with van der Waals surface area (Å²) in [6, 6.07) is 0. The van der Waals surface area contributed by atoms with Crippen LogP contribution in [0, 0.1) is 0 Å². The van der Waals surface area contributed by atoms with Gasteiger partial charge in [-0.15, -0.1) is 0 Å². The topological polar surface area (TPSA) is 75.1 Å². The molecule has 0 fully saturated rings. The van der Waals surface area contributed by atoms with Gasteiger partial charge in [0.25, 0.3) is 0 Å². The molecule has 0 rings (SSSR count). The van der Waals surface area contributed by atoms with Gasteiger partial charge >= 0.3 is 5.97 Å². The number of methoxy groups -OCH3 is 1. The van der Waals surface area contributed by atoms with Crippen LogP contribution >= 0.6 is 0 Å². The Kier molecular flexibility index (Phi) is 13.4. The fourth-order valence-electron chi connectivity index (χ4n) is 1.71. The first-order valence-electron chi connectivity index (χ1n) is 7.04. The number of azide groups is 1. The van der Waals surface area contributed by atoms with Crippen molar-refractivity contribution in [2.45, 2.75) is 57.8 Å². The second kappa shape index (κ2) is 14.6. The number of rotatable bonds is 12. The Balaban J connectivity index is 3.16. The highest BCUT2D eigenvalue weighted by atomic mass is 16.5. The van der Waals surface area contributed by atoms with Gasteiger partial charge in [0.15, 0.2) is 0 Å². The number of nitrogens with zero attached hydrogens (tertiary/aromatic N) is 3. The molecule has 0 bridgehead atoms. The van der Waals surface area contributed by atoms with E-state index in [2.05, 4.69) is 26.9 Å². The van der Waals surface area contributed by atoms with Crippen LogP contribution in [0.1, 0.15) is 57.8 Å². The summed E-state index contributed by atoms with van der Waals surface area (Å²) in [6.07, 6.45) is 13.5. The minimum absolute atomic E-state index is 0.111. The number of hydrogen-bond acceptors (Lipinski definition) is 3. The van der Waals surface area contributed by atoms with E-state index in [1.54, 1.807) is 0 Å². The average molecular weight is 267 g/mol. The summed E-state index contributed by atoms with van der Waals surface area (Å²) in [5.41, 5.74) is 8.09. The largest absolute Gasteiger partial charge is 0.469 e. The van der Waals surface area contributed by atoms with Gasteiger partial charge < -0.3 is 4.74 Å². The predicted molar refractivity (Wildman–Crippen MR) is 76.7 cm³/mol. The molecule has 0 amide bonds. The molecular weight excluding hydrogens is 242 g/mol. The molecule has 0 saturated heterocycles. The lowest BCUT2D eigenvalue weighted by atomic mass is 10.1.